The van der Waals surface area contributed by atoms with Crippen molar-refractivity contribution in [1.82, 2.24) is 4.90 Å². The topological polar surface area (TPSA) is 37.4 Å². The van der Waals surface area contributed by atoms with Crippen molar-refractivity contribution in [2.75, 3.05) is 6.54 Å². The van der Waals surface area contributed by atoms with Crippen LogP contribution in [0.25, 0.3) is 0 Å². The first-order chi connectivity index (χ1) is 7.15. The third-order valence-corrected chi connectivity index (χ3v) is 2.68. The maximum atomic E-state index is 11.7. The molecule has 3 nitrogen and oxygen atoms in total. The second-order valence-electron chi connectivity index (χ2n) is 3.09. The van der Waals surface area contributed by atoms with E-state index in [0.717, 1.165) is 9.37 Å². The quantitative estimate of drug-likeness (QED) is 0.571. The van der Waals surface area contributed by atoms with Crippen molar-refractivity contribution >= 4 is 27.7 Å². The lowest BCUT2D eigenvalue weighted by Crippen LogP contribution is -2.29. The van der Waals surface area contributed by atoms with Crippen LogP contribution in [0.5, 0.6) is 0 Å². The SMILES string of the molecule is C#CCN1C(=O)c2ccc(Br)cc2C1=O. The summed E-state index contributed by atoms with van der Waals surface area (Å²) in [6.45, 7) is 0.0178. The van der Waals surface area contributed by atoms with Gasteiger partial charge in [0.1, 0.15) is 0 Å². The number of amides is 2. The van der Waals surface area contributed by atoms with Crippen molar-refractivity contribution < 1.29 is 9.59 Å². The summed E-state index contributed by atoms with van der Waals surface area (Å²) in [6.07, 6.45) is 5.09. The summed E-state index contributed by atoms with van der Waals surface area (Å²) < 4.78 is 0.768. The number of nitrogens with zero attached hydrogens (tertiary/aromatic N) is 1. The van der Waals surface area contributed by atoms with Gasteiger partial charge in [0, 0.05) is 4.47 Å². The molecule has 0 spiro atoms. The molecule has 1 aliphatic rings. The molecule has 4 heteroatoms. The minimum absolute atomic E-state index is 0.0178. The molecule has 0 radical (unpaired) electrons. The standard InChI is InChI=1S/C11H6BrNO2/c1-2-5-13-10(14)8-4-3-7(12)6-9(8)11(13)15/h1,3-4,6H,5H2. The van der Waals surface area contributed by atoms with Gasteiger partial charge in [0.25, 0.3) is 11.8 Å². The van der Waals surface area contributed by atoms with Crippen LogP contribution < -0.4 is 0 Å². The van der Waals surface area contributed by atoms with Crippen LogP contribution in [0.2, 0.25) is 0 Å². The molecule has 2 rings (SSSR count). The molecule has 15 heavy (non-hydrogen) atoms. The average molecular weight is 264 g/mol. The fourth-order valence-electron chi connectivity index (χ4n) is 1.50. The van der Waals surface area contributed by atoms with E-state index in [-0.39, 0.29) is 18.4 Å². The van der Waals surface area contributed by atoms with Gasteiger partial charge in [0.15, 0.2) is 0 Å². The van der Waals surface area contributed by atoms with Gasteiger partial charge in [-0.05, 0) is 18.2 Å². The minimum atomic E-state index is -0.325. The van der Waals surface area contributed by atoms with E-state index in [1.165, 1.54) is 0 Å². The third-order valence-electron chi connectivity index (χ3n) is 2.18. The lowest BCUT2D eigenvalue weighted by Gasteiger charge is -2.08. The van der Waals surface area contributed by atoms with E-state index in [1.54, 1.807) is 18.2 Å². The largest absolute Gasteiger partial charge is 0.269 e. The number of carbonyl (C=O) groups is 2. The molecular weight excluding hydrogens is 258 g/mol. The summed E-state index contributed by atoms with van der Waals surface area (Å²) in [4.78, 5) is 24.5. The maximum Gasteiger partial charge on any atom is 0.262 e. The van der Waals surface area contributed by atoms with Crippen molar-refractivity contribution in [2.45, 2.75) is 0 Å². The molecular formula is C11H6BrNO2. The Labute approximate surface area is 95.2 Å². The lowest BCUT2D eigenvalue weighted by molar-refractivity contribution is 0.0675. The number of benzene rings is 1. The predicted octanol–water partition coefficient (Wildman–Crippen LogP) is 1.68. The van der Waals surface area contributed by atoms with Crippen LogP contribution in [0.1, 0.15) is 20.7 Å². The monoisotopic (exact) mass is 263 g/mol. The highest BCUT2D eigenvalue weighted by Crippen LogP contribution is 2.25. The molecule has 2 amide bonds. The van der Waals surface area contributed by atoms with Gasteiger partial charge < -0.3 is 0 Å². The van der Waals surface area contributed by atoms with Gasteiger partial charge >= 0.3 is 0 Å². The molecule has 0 fully saturated rings. The summed E-state index contributed by atoms with van der Waals surface area (Å²) >= 11 is 3.25. The number of halogens is 1. The maximum absolute atomic E-state index is 11.7. The van der Waals surface area contributed by atoms with E-state index < -0.39 is 0 Å². The average Bonchev–Trinajstić information content (AvgIpc) is 2.44. The Bertz CT molecular complexity index is 502. The molecule has 0 aromatic heterocycles. The first-order valence-corrected chi connectivity index (χ1v) is 5.03. The zero-order valence-corrected chi connectivity index (χ0v) is 9.24. The van der Waals surface area contributed by atoms with Gasteiger partial charge in [-0.25, -0.2) is 0 Å². The molecule has 0 N–H and O–H groups in total. The fraction of sp³-hybridized carbons (Fsp3) is 0.0909. The zero-order valence-electron chi connectivity index (χ0n) is 7.66. The van der Waals surface area contributed by atoms with Crippen molar-refractivity contribution in [1.29, 1.82) is 0 Å². The Balaban J connectivity index is 2.52. The van der Waals surface area contributed by atoms with Crippen LogP contribution in [0.15, 0.2) is 22.7 Å². The molecule has 0 saturated heterocycles. The fourth-order valence-corrected chi connectivity index (χ4v) is 1.86. The van der Waals surface area contributed by atoms with E-state index >= 15 is 0 Å². The molecule has 74 valence electrons. The van der Waals surface area contributed by atoms with Crippen molar-refractivity contribution in [2.24, 2.45) is 0 Å². The van der Waals surface area contributed by atoms with E-state index in [4.69, 9.17) is 6.42 Å². The summed E-state index contributed by atoms with van der Waals surface area (Å²) in [5.41, 5.74) is 0.822. The molecule has 1 aromatic carbocycles. The van der Waals surface area contributed by atoms with Crippen LogP contribution in [-0.2, 0) is 0 Å². The van der Waals surface area contributed by atoms with Crippen LogP contribution in [0, 0.1) is 12.3 Å². The molecule has 1 aromatic rings. The van der Waals surface area contributed by atoms with Gasteiger partial charge in [-0.3, -0.25) is 14.5 Å². The van der Waals surface area contributed by atoms with Gasteiger partial charge in [-0.1, -0.05) is 21.9 Å². The lowest BCUT2D eigenvalue weighted by atomic mass is 10.1. The Morgan fingerprint density at radius 3 is 2.60 bits per heavy atom. The molecule has 0 atom stereocenters. The molecule has 1 heterocycles. The number of carbonyl (C=O) groups excluding carboxylic acids is 2. The number of hydrogen-bond acceptors (Lipinski definition) is 2. The number of hydrogen-bond donors (Lipinski definition) is 0. The first kappa shape index (κ1) is 9.94. The first-order valence-electron chi connectivity index (χ1n) is 4.24. The second-order valence-corrected chi connectivity index (χ2v) is 4.01. The number of imide groups is 1. The molecule has 0 bridgehead atoms. The molecule has 0 unspecified atom stereocenters. The Morgan fingerprint density at radius 2 is 1.93 bits per heavy atom. The van der Waals surface area contributed by atoms with E-state index in [2.05, 4.69) is 21.9 Å². The van der Waals surface area contributed by atoms with E-state index in [0.29, 0.717) is 11.1 Å². The van der Waals surface area contributed by atoms with E-state index in [1.807, 2.05) is 0 Å². The molecule has 0 aliphatic carbocycles. The summed E-state index contributed by atoms with van der Waals surface area (Å²) in [5.74, 6) is 1.65. The van der Waals surface area contributed by atoms with Crippen molar-refractivity contribution in [3.63, 3.8) is 0 Å². The number of rotatable bonds is 1. The number of terminal acetylenes is 1. The van der Waals surface area contributed by atoms with Gasteiger partial charge in [0.05, 0.1) is 17.7 Å². The van der Waals surface area contributed by atoms with Gasteiger partial charge in [-0.2, -0.15) is 0 Å². The zero-order chi connectivity index (χ0) is 11.0. The summed E-state index contributed by atoms with van der Waals surface area (Å²) in [5, 5.41) is 0. The molecule has 1 aliphatic heterocycles. The Hall–Kier alpha value is -1.60. The van der Waals surface area contributed by atoms with E-state index in [9.17, 15) is 9.59 Å². The van der Waals surface area contributed by atoms with Crippen LogP contribution in [-0.4, -0.2) is 23.3 Å². The van der Waals surface area contributed by atoms with Crippen LogP contribution >= 0.6 is 15.9 Å². The normalized spacial score (nSPS) is 14.0. The molecule has 0 saturated carbocycles. The summed E-state index contributed by atoms with van der Waals surface area (Å²) in [7, 11) is 0. The third kappa shape index (κ3) is 1.45. The van der Waals surface area contributed by atoms with Gasteiger partial charge in [0.2, 0.25) is 0 Å². The highest BCUT2D eigenvalue weighted by molar-refractivity contribution is 9.10. The Kier molecular flexibility index (Phi) is 2.33. The number of fused-ring (bicyclic) bond motifs is 1. The predicted molar refractivity (Wildman–Crippen MR) is 58.3 cm³/mol. The Morgan fingerprint density at radius 1 is 1.27 bits per heavy atom. The van der Waals surface area contributed by atoms with Crippen LogP contribution in [0.3, 0.4) is 0 Å². The minimum Gasteiger partial charge on any atom is -0.269 e. The smallest absolute Gasteiger partial charge is 0.262 e. The highest BCUT2D eigenvalue weighted by atomic mass is 79.9. The van der Waals surface area contributed by atoms with Gasteiger partial charge in [-0.15, -0.1) is 6.42 Å². The highest BCUT2D eigenvalue weighted by Gasteiger charge is 2.34. The van der Waals surface area contributed by atoms with Crippen molar-refractivity contribution in [3.8, 4) is 12.3 Å². The second kappa shape index (κ2) is 3.52. The van der Waals surface area contributed by atoms with Crippen LogP contribution in [0.4, 0.5) is 0 Å². The summed E-state index contributed by atoms with van der Waals surface area (Å²) in [6, 6.07) is 4.98. The van der Waals surface area contributed by atoms with Crippen molar-refractivity contribution in [3.05, 3.63) is 33.8 Å².